The smallest absolute Gasteiger partial charge is 0.220 e. The molecule has 3 aliphatic heterocycles. The summed E-state index contributed by atoms with van der Waals surface area (Å²) in [6.07, 6.45) is 20.2. The second kappa shape index (κ2) is 44.7. The topological polar surface area (TPSA) is 307 Å². The zero-order valence-corrected chi connectivity index (χ0v) is 49.1. The molecular formula is C61H113NO18. The van der Waals surface area contributed by atoms with Crippen molar-refractivity contribution in [3.63, 3.8) is 0 Å². The average Bonchev–Trinajstić information content (AvgIpc) is 3.51. The highest BCUT2D eigenvalue weighted by molar-refractivity contribution is 5.76. The molecule has 3 rings (SSSR count). The van der Waals surface area contributed by atoms with E-state index in [0.29, 0.717) is 12.8 Å². The van der Waals surface area contributed by atoms with Crippen LogP contribution in [0.1, 0.15) is 226 Å². The summed E-state index contributed by atoms with van der Waals surface area (Å²) in [7, 11) is 0. The van der Waals surface area contributed by atoms with Crippen LogP contribution in [0.2, 0.25) is 0 Å². The van der Waals surface area contributed by atoms with Crippen molar-refractivity contribution >= 4 is 5.91 Å². The van der Waals surface area contributed by atoms with Crippen molar-refractivity contribution in [3.8, 4) is 0 Å². The van der Waals surface area contributed by atoms with Crippen molar-refractivity contribution in [2.45, 2.75) is 330 Å². The first-order valence-electron chi connectivity index (χ1n) is 31.6. The second-order valence-corrected chi connectivity index (χ2v) is 22.9. The third kappa shape index (κ3) is 28.0. The lowest BCUT2D eigenvalue weighted by Crippen LogP contribution is -2.66. The first-order valence-corrected chi connectivity index (χ1v) is 31.6. The lowest BCUT2D eigenvalue weighted by molar-refractivity contribution is -0.379. The highest BCUT2D eigenvalue weighted by Crippen LogP contribution is 2.33. The number of unbranched alkanes of at least 4 members (excludes halogenated alkanes) is 29. The summed E-state index contributed by atoms with van der Waals surface area (Å²) in [5.74, 6) is -0.282. The van der Waals surface area contributed by atoms with Crippen LogP contribution in [-0.2, 0) is 33.2 Å². The summed E-state index contributed by atoms with van der Waals surface area (Å²) in [5, 5.41) is 120. The molecule has 0 aromatic heterocycles. The molecular weight excluding hydrogens is 1030 g/mol. The van der Waals surface area contributed by atoms with E-state index in [0.717, 1.165) is 38.5 Å². The SMILES string of the molecule is CCCCCCCCCCC/C=C/CC/C=C/C(O)C(COC1OC(CO)C(OC2OC(CO)C(OC3OC(CO)C(O)C(O)C3O)C(O)C2O)C(O)C1O)NC(=O)CCCCCCCCCCCCCCCCCCCCCC. The molecule has 19 heteroatoms. The fraction of sp³-hybridized carbons (Fsp3) is 0.918. The molecule has 3 heterocycles. The predicted molar refractivity (Wildman–Crippen MR) is 305 cm³/mol. The van der Waals surface area contributed by atoms with Crippen LogP contribution >= 0.6 is 0 Å². The monoisotopic (exact) mass is 1150 g/mol. The molecule has 0 aromatic rings. The van der Waals surface area contributed by atoms with E-state index in [9.17, 15) is 61.0 Å². The van der Waals surface area contributed by atoms with Gasteiger partial charge in [-0.25, -0.2) is 0 Å². The van der Waals surface area contributed by atoms with Crippen molar-refractivity contribution in [1.82, 2.24) is 5.32 Å². The number of hydrogen-bond acceptors (Lipinski definition) is 18. The third-order valence-electron chi connectivity index (χ3n) is 16.0. The largest absolute Gasteiger partial charge is 0.394 e. The van der Waals surface area contributed by atoms with Gasteiger partial charge in [0.15, 0.2) is 18.9 Å². The lowest BCUT2D eigenvalue weighted by atomic mass is 9.96. The molecule has 0 aliphatic carbocycles. The molecule has 80 heavy (non-hydrogen) atoms. The second-order valence-electron chi connectivity index (χ2n) is 22.9. The molecule has 0 spiro atoms. The van der Waals surface area contributed by atoms with Gasteiger partial charge in [-0.1, -0.05) is 212 Å². The Morgan fingerprint density at radius 1 is 0.438 bits per heavy atom. The Hall–Kier alpha value is -1.73. The molecule has 3 saturated heterocycles. The number of amides is 1. The Bertz CT molecular complexity index is 1560. The van der Waals surface area contributed by atoms with Gasteiger partial charge in [-0.15, -0.1) is 0 Å². The van der Waals surface area contributed by atoms with Crippen molar-refractivity contribution < 1.29 is 89.4 Å². The molecule has 3 fully saturated rings. The molecule has 12 N–H and O–H groups in total. The Labute approximate surface area is 479 Å². The van der Waals surface area contributed by atoms with Crippen LogP contribution in [0, 0.1) is 0 Å². The van der Waals surface area contributed by atoms with Gasteiger partial charge in [0.05, 0.1) is 38.6 Å². The minimum atomic E-state index is -1.98. The number of ether oxygens (including phenoxy) is 6. The average molecular weight is 1150 g/mol. The molecule has 0 radical (unpaired) electrons. The fourth-order valence-corrected chi connectivity index (χ4v) is 10.8. The quantitative estimate of drug-likeness (QED) is 0.0234. The third-order valence-corrected chi connectivity index (χ3v) is 16.0. The number of nitrogens with one attached hydrogen (secondary N) is 1. The Balaban J connectivity index is 1.49. The summed E-state index contributed by atoms with van der Waals surface area (Å²) < 4.78 is 34.2. The van der Waals surface area contributed by atoms with Crippen LogP contribution in [0.25, 0.3) is 0 Å². The molecule has 1 amide bonds. The highest BCUT2D eigenvalue weighted by atomic mass is 16.8. The Morgan fingerprint density at radius 3 is 1.25 bits per heavy atom. The Kier molecular flexibility index (Phi) is 40.5. The number of aliphatic hydroxyl groups excluding tert-OH is 11. The molecule has 0 aromatic carbocycles. The van der Waals surface area contributed by atoms with Gasteiger partial charge in [0, 0.05) is 6.42 Å². The predicted octanol–water partition coefficient (Wildman–Crippen LogP) is 6.32. The van der Waals surface area contributed by atoms with E-state index in [1.165, 1.54) is 154 Å². The lowest BCUT2D eigenvalue weighted by Gasteiger charge is -2.48. The van der Waals surface area contributed by atoms with Crippen LogP contribution < -0.4 is 5.32 Å². The van der Waals surface area contributed by atoms with Gasteiger partial charge in [0.25, 0.3) is 0 Å². The van der Waals surface area contributed by atoms with Crippen LogP contribution in [0.5, 0.6) is 0 Å². The summed E-state index contributed by atoms with van der Waals surface area (Å²) in [4.78, 5) is 13.3. The van der Waals surface area contributed by atoms with E-state index in [-0.39, 0.29) is 18.9 Å². The first-order chi connectivity index (χ1) is 38.8. The van der Waals surface area contributed by atoms with Crippen LogP contribution in [-0.4, -0.2) is 193 Å². The molecule has 3 aliphatic rings. The van der Waals surface area contributed by atoms with E-state index in [1.54, 1.807) is 6.08 Å². The minimum Gasteiger partial charge on any atom is -0.394 e. The summed E-state index contributed by atoms with van der Waals surface area (Å²) >= 11 is 0. The van der Waals surface area contributed by atoms with E-state index in [1.807, 2.05) is 6.08 Å². The number of carbonyl (C=O) groups is 1. The van der Waals surface area contributed by atoms with Crippen molar-refractivity contribution in [3.05, 3.63) is 24.3 Å². The Morgan fingerprint density at radius 2 is 0.800 bits per heavy atom. The molecule has 0 bridgehead atoms. The molecule has 17 unspecified atom stereocenters. The maximum absolute atomic E-state index is 13.3. The van der Waals surface area contributed by atoms with Gasteiger partial charge < -0.3 is 89.9 Å². The standard InChI is InChI=1S/C61H113NO18/c1-3-5-7-9-11-13-15-17-19-20-21-22-23-25-27-29-31-33-35-37-39-49(67)62-44(45(66)38-36-34-32-30-28-26-24-18-16-14-12-10-8-6-4-2)43-75-59-55(73)52(70)57(47(41-64)77-59)80-61-56(74)53(71)58(48(42-65)78-61)79-60-54(72)51(69)50(68)46(40-63)76-60/h28,30,36,38,44-48,50-61,63-66,68-74H,3-27,29,31-35,37,39-43H2,1-2H3,(H,62,67)/b30-28+,38-36+. The molecule has 17 atom stereocenters. The number of allylic oxidation sites excluding steroid dienone is 3. The van der Waals surface area contributed by atoms with E-state index in [4.69, 9.17) is 28.4 Å². The zero-order valence-electron chi connectivity index (χ0n) is 49.1. The number of hydrogen-bond donors (Lipinski definition) is 12. The van der Waals surface area contributed by atoms with Gasteiger partial charge in [-0.2, -0.15) is 0 Å². The van der Waals surface area contributed by atoms with Gasteiger partial charge >= 0.3 is 0 Å². The fourth-order valence-electron chi connectivity index (χ4n) is 10.8. The van der Waals surface area contributed by atoms with Crippen molar-refractivity contribution in [1.29, 1.82) is 0 Å². The highest BCUT2D eigenvalue weighted by Gasteiger charge is 2.53. The number of carbonyl (C=O) groups excluding carboxylic acids is 1. The molecule has 0 saturated carbocycles. The van der Waals surface area contributed by atoms with Crippen LogP contribution in [0.15, 0.2) is 24.3 Å². The number of rotatable bonds is 47. The summed E-state index contributed by atoms with van der Waals surface area (Å²) in [5.41, 5.74) is 0. The van der Waals surface area contributed by atoms with E-state index in [2.05, 4.69) is 31.3 Å². The molecule has 470 valence electrons. The first kappa shape index (κ1) is 72.5. The zero-order chi connectivity index (χ0) is 58.3. The normalized spacial score (nSPS) is 30.1. The van der Waals surface area contributed by atoms with Gasteiger partial charge in [0.1, 0.15) is 73.2 Å². The van der Waals surface area contributed by atoms with Gasteiger partial charge in [-0.05, 0) is 32.1 Å². The number of aliphatic hydroxyl groups is 11. The van der Waals surface area contributed by atoms with E-state index < -0.39 is 124 Å². The summed E-state index contributed by atoms with van der Waals surface area (Å²) in [6.45, 7) is 1.71. The van der Waals surface area contributed by atoms with Gasteiger partial charge in [-0.3, -0.25) is 4.79 Å². The van der Waals surface area contributed by atoms with Crippen LogP contribution in [0.3, 0.4) is 0 Å². The van der Waals surface area contributed by atoms with E-state index >= 15 is 0 Å². The molecule has 19 nitrogen and oxygen atoms in total. The van der Waals surface area contributed by atoms with Crippen molar-refractivity contribution in [2.75, 3.05) is 26.4 Å². The van der Waals surface area contributed by atoms with Crippen LogP contribution in [0.4, 0.5) is 0 Å². The maximum Gasteiger partial charge on any atom is 0.220 e. The maximum atomic E-state index is 13.3. The van der Waals surface area contributed by atoms with Gasteiger partial charge in [0.2, 0.25) is 5.91 Å². The van der Waals surface area contributed by atoms with Crippen molar-refractivity contribution in [2.24, 2.45) is 0 Å². The minimum absolute atomic E-state index is 0.240. The summed E-state index contributed by atoms with van der Waals surface area (Å²) in [6, 6.07) is -0.985.